The first kappa shape index (κ1) is 39.4. The van der Waals surface area contributed by atoms with Crippen LogP contribution in [0, 0.1) is 0 Å². The molecule has 49 heavy (non-hydrogen) atoms. The van der Waals surface area contributed by atoms with Crippen LogP contribution in [0.15, 0.2) is 48.5 Å². The first-order valence-electron chi connectivity index (χ1n) is 16.9. The van der Waals surface area contributed by atoms with Crippen LogP contribution in [0.5, 0.6) is 0 Å². The number of fused-ring (bicyclic) bond motifs is 1. The van der Waals surface area contributed by atoms with Gasteiger partial charge in [-0.3, -0.25) is 14.5 Å². The van der Waals surface area contributed by atoms with E-state index in [2.05, 4.69) is 26.2 Å². The first-order chi connectivity index (χ1) is 24.0. The van der Waals surface area contributed by atoms with Crippen LogP contribution in [0.2, 0.25) is 0 Å². The number of amides is 5. The Bertz CT molecular complexity index is 1280. The third-order valence-electron chi connectivity index (χ3n) is 7.62. The van der Waals surface area contributed by atoms with E-state index in [0.29, 0.717) is 104 Å². The van der Waals surface area contributed by atoms with Gasteiger partial charge in [0.2, 0.25) is 0 Å². The third kappa shape index (κ3) is 16.2. The summed E-state index contributed by atoms with van der Waals surface area (Å²) in [5, 5.41) is 11.0. The molecule has 1 aliphatic rings. The predicted octanol–water partition coefficient (Wildman–Crippen LogP) is 2.03. The molecule has 1 heterocycles. The fourth-order valence-electron chi connectivity index (χ4n) is 4.95. The Morgan fingerprint density at radius 3 is 1.92 bits per heavy atom. The predicted molar refractivity (Wildman–Crippen MR) is 185 cm³/mol. The smallest absolute Gasteiger partial charge is 0.314 e. The minimum atomic E-state index is -0.267. The van der Waals surface area contributed by atoms with Gasteiger partial charge in [0, 0.05) is 63.5 Å². The second kappa shape index (κ2) is 24.1. The molecule has 0 saturated carbocycles. The van der Waals surface area contributed by atoms with Crippen LogP contribution in [0.1, 0.15) is 44.7 Å². The Morgan fingerprint density at radius 2 is 1.29 bits per heavy atom. The summed E-state index contributed by atoms with van der Waals surface area (Å²) in [5.74, 6) is 0.0455. The number of urea groups is 2. The highest BCUT2D eigenvalue weighted by atomic mass is 16.5. The quantitative estimate of drug-likeness (QED) is 0.0859. The number of hydrogen-bond donors (Lipinski definition) is 4. The minimum absolute atomic E-state index is 0.0455. The maximum atomic E-state index is 12.3. The number of carbonyl (C=O) groups excluding carboxylic acids is 4. The third-order valence-corrected chi connectivity index (χ3v) is 7.62. The average Bonchev–Trinajstić information content (AvgIpc) is 3.43. The number of unbranched alkanes of at least 4 members (excludes halogenated alkanes) is 1. The standard InChI is InChI=1S/C35H52N6O8/c1-40(26-29-8-2-3-10-31(29)28-42)16-20-48-24-22-46-18-14-38-34(44)36-12-6-7-13-37-35(45)39-15-19-47-23-25-49-21-17-41-27-30-9-4-5-11-32(30)33(41)43/h2-5,8-11,28H,6-7,12-27H2,1H3,(H2,36,38,44)(H2,37,39,45). The molecular formula is C35H52N6O8. The fraction of sp³-hybridized carbons (Fsp3) is 0.543. The van der Waals surface area contributed by atoms with Gasteiger partial charge in [0.1, 0.15) is 6.29 Å². The molecule has 2 aromatic rings. The van der Waals surface area contributed by atoms with E-state index >= 15 is 0 Å². The molecule has 5 amide bonds. The van der Waals surface area contributed by atoms with Crippen molar-refractivity contribution in [3.8, 4) is 0 Å². The van der Waals surface area contributed by atoms with Gasteiger partial charge in [-0.2, -0.15) is 0 Å². The zero-order valence-corrected chi connectivity index (χ0v) is 28.6. The van der Waals surface area contributed by atoms with Crippen molar-refractivity contribution in [1.29, 1.82) is 0 Å². The molecule has 270 valence electrons. The molecule has 0 spiro atoms. The highest BCUT2D eigenvalue weighted by Gasteiger charge is 2.26. The van der Waals surface area contributed by atoms with Gasteiger partial charge in [-0.25, -0.2) is 9.59 Å². The minimum Gasteiger partial charge on any atom is -0.378 e. The van der Waals surface area contributed by atoms with Crippen molar-refractivity contribution >= 4 is 24.3 Å². The second-order valence-electron chi connectivity index (χ2n) is 11.5. The lowest BCUT2D eigenvalue weighted by Gasteiger charge is -2.17. The van der Waals surface area contributed by atoms with Gasteiger partial charge < -0.3 is 45.1 Å². The summed E-state index contributed by atoms with van der Waals surface area (Å²) in [7, 11) is 1.98. The molecular weight excluding hydrogens is 632 g/mol. The number of hydrogen-bond acceptors (Lipinski definition) is 9. The summed E-state index contributed by atoms with van der Waals surface area (Å²) < 4.78 is 22.2. The molecule has 0 saturated heterocycles. The maximum absolute atomic E-state index is 12.3. The number of rotatable bonds is 26. The van der Waals surface area contributed by atoms with Crippen LogP contribution >= 0.6 is 0 Å². The lowest BCUT2D eigenvalue weighted by molar-refractivity contribution is 0.0377. The van der Waals surface area contributed by atoms with Crippen LogP contribution < -0.4 is 21.3 Å². The number of carbonyl (C=O) groups is 4. The Morgan fingerprint density at radius 1 is 0.735 bits per heavy atom. The van der Waals surface area contributed by atoms with Gasteiger partial charge in [0.15, 0.2) is 0 Å². The van der Waals surface area contributed by atoms with Gasteiger partial charge in [-0.05, 0) is 37.1 Å². The van der Waals surface area contributed by atoms with E-state index in [4.69, 9.17) is 18.9 Å². The van der Waals surface area contributed by atoms with Gasteiger partial charge in [0.05, 0.1) is 52.9 Å². The largest absolute Gasteiger partial charge is 0.378 e. The second-order valence-corrected chi connectivity index (χ2v) is 11.5. The topological polar surface area (TPSA) is 160 Å². The van der Waals surface area contributed by atoms with Gasteiger partial charge in [-0.15, -0.1) is 0 Å². The maximum Gasteiger partial charge on any atom is 0.314 e. The van der Waals surface area contributed by atoms with E-state index in [9.17, 15) is 19.2 Å². The lowest BCUT2D eigenvalue weighted by atomic mass is 10.1. The molecule has 2 aromatic carbocycles. The SMILES string of the molecule is CN(CCOCCOCCNC(=O)NCCCCNC(=O)NCCOCCOCCN1Cc2ccccc2C1=O)Cc1ccccc1C=O. The van der Waals surface area contributed by atoms with E-state index in [-0.39, 0.29) is 18.0 Å². The highest BCUT2D eigenvalue weighted by Crippen LogP contribution is 2.21. The number of benzene rings is 2. The van der Waals surface area contributed by atoms with E-state index in [1.165, 1.54) is 0 Å². The molecule has 4 N–H and O–H groups in total. The van der Waals surface area contributed by atoms with Crippen molar-refractivity contribution in [2.24, 2.45) is 0 Å². The van der Waals surface area contributed by atoms with E-state index in [1.54, 1.807) is 4.90 Å². The number of aldehydes is 1. The molecule has 0 bridgehead atoms. The Kier molecular flexibility index (Phi) is 19.4. The molecule has 1 aliphatic heterocycles. The van der Waals surface area contributed by atoms with E-state index < -0.39 is 0 Å². The van der Waals surface area contributed by atoms with Crippen LogP contribution in [0.3, 0.4) is 0 Å². The molecule has 0 atom stereocenters. The number of ether oxygens (including phenoxy) is 4. The zero-order valence-electron chi connectivity index (χ0n) is 28.6. The first-order valence-corrected chi connectivity index (χ1v) is 16.9. The summed E-state index contributed by atoms with van der Waals surface area (Å²) >= 11 is 0. The Hall–Kier alpha value is -4.08. The van der Waals surface area contributed by atoms with E-state index in [0.717, 1.165) is 42.4 Å². The van der Waals surface area contributed by atoms with Crippen molar-refractivity contribution in [2.75, 3.05) is 99.2 Å². The number of nitrogens with zero attached hydrogens (tertiary/aromatic N) is 2. The summed E-state index contributed by atoms with van der Waals surface area (Å²) in [6, 6.07) is 14.7. The van der Waals surface area contributed by atoms with Crippen LogP contribution in [-0.2, 0) is 32.0 Å². The number of likely N-dealkylation sites (N-methyl/N-ethyl adjacent to an activating group) is 1. The normalized spacial score (nSPS) is 12.2. The lowest BCUT2D eigenvalue weighted by Crippen LogP contribution is -2.39. The van der Waals surface area contributed by atoms with Crippen molar-refractivity contribution in [3.05, 3.63) is 70.8 Å². The van der Waals surface area contributed by atoms with Gasteiger partial charge in [-0.1, -0.05) is 42.5 Å². The summed E-state index contributed by atoms with van der Waals surface area (Å²) in [6.07, 6.45) is 2.33. The van der Waals surface area contributed by atoms with Crippen molar-refractivity contribution in [2.45, 2.75) is 25.9 Å². The summed E-state index contributed by atoms with van der Waals surface area (Å²) in [6.45, 7) is 7.78. The average molecular weight is 685 g/mol. The molecule has 0 aliphatic carbocycles. The fourth-order valence-corrected chi connectivity index (χ4v) is 4.95. The molecule has 3 rings (SSSR count). The van der Waals surface area contributed by atoms with Crippen molar-refractivity contribution in [3.63, 3.8) is 0 Å². The molecule has 0 unspecified atom stereocenters. The molecule has 0 aromatic heterocycles. The monoisotopic (exact) mass is 684 g/mol. The molecule has 0 radical (unpaired) electrons. The van der Waals surface area contributed by atoms with Gasteiger partial charge >= 0.3 is 12.1 Å². The summed E-state index contributed by atoms with van der Waals surface area (Å²) in [5.41, 5.74) is 3.52. The number of nitrogens with one attached hydrogen (secondary N) is 4. The molecule has 0 fully saturated rings. The van der Waals surface area contributed by atoms with Crippen molar-refractivity contribution in [1.82, 2.24) is 31.1 Å². The molecule has 14 nitrogen and oxygen atoms in total. The van der Waals surface area contributed by atoms with Crippen LogP contribution in [-0.4, -0.2) is 133 Å². The summed E-state index contributed by atoms with van der Waals surface area (Å²) in [4.78, 5) is 51.2. The Labute approximate surface area is 289 Å². The van der Waals surface area contributed by atoms with Crippen LogP contribution in [0.4, 0.5) is 9.59 Å². The molecule has 14 heteroatoms. The van der Waals surface area contributed by atoms with Gasteiger partial charge in [0.25, 0.3) is 5.91 Å². The van der Waals surface area contributed by atoms with E-state index in [1.807, 2.05) is 55.6 Å². The zero-order chi connectivity index (χ0) is 34.9. The van der Waals surface area contributed by atoms with Crippen LogP contribution in [0.25, 0.3) is 0 Å². The highest BCUT2D eigenvalue weighted by molar-refractivity contribution is 5.98. The Balaban J connectivity index is 1.01. The van der Waals surface area contributed by atoms with Crippen molar-refractivity contribution < 1.29 is 38.1 Å².